The Bertz CT molecular complexity index is 191. The first-order valence-electron chi connectivity index (χ1n) is 6.31. The lowest BCUT2D eigenvalue weighted by atomic mass is 9.91. The van der Waals surface area contributed by atoms with E-state index >= 15 is 0 Å². The van der Waals surface area contributed by atoms with Gasteiger partial charge < -0.3 is 10.4 Å². The predicted molar refractivity (Wildman–Crippen MR) is 64.9 cm³/mol. The first-order valence-corrected chi connectivity index (χ1v) is 6.31. The highest BCUT2D eigenvalue weighted by molar-refractivity contribution is 4.92. The van der Waals surface area contributed by atoms with Crippen molar-refractivity contribution < 1.29 is 5.11 Å². The highest BCUT2D eigenvalue weighted by Gasteiger charge is 2.36. The number of aliphatic hydroxyl groups is 1. The van der Waals surface area contributed by atoms with E-state index in [4.69, 9.17) is 5.11 Å². The number of hydrogen-bond acceptors (Lipinski definition) is 2. The van der Waals surface area contributed by atoms with Crippen LogP contribution >= 0.6 is 0 Å². The molecule has 1 aliphatic carbocycles. The molecular weight excluding hydrogens is 186 g/mol. The third-order valence-corrected chi connectivity index (χ3v) is 3.63. The van der Waals surface area contributed by atoms with E-state index in [0.717, 1.165) is 18.8 Å². The summed E-state index contributed by atoms with van der Waals surface area (Å²) in [4.78, 5) is 0. The van der Waals surface area contributed by atoms with Gasteiger partial charge in [-0.25, -0.2) is 0 Å². The monoisotopic (exact) mass is 213 g/mol. The number of aliphatic hydroxyl groups excluding tert-OH is 1. The molecule has 0 aromatic heterocycles. The van der Waals surface area contributed by atoms with Gasteiger partial charge in [-0.1, -0.05) is 20.8 Å². The SMILES string of the molecule is CC(CCCO)NC1CC(C)(C)CC1C. The zero-order chi connectivity index (χ0) is 11.5. The number of nitrogens with one attached hydrogen (secondary N) is 1. The lowest BCUT2D eigenvalue weighted by molar-refractivity contribution is 0.269. The molecule has 0 aromatic carbocycles. The molecule has 1 rings (SSSR count). The van der Waals surface area contributed by atoms with E-state index in [0.29, 0.717) is 24.1 Å². The van der Waals surface area contributed by atoms with Crippen molar-refractivity contribution in [3.05, 3.63) is 0 Å². The van der Waals surface area contributed by atoms with Crippen LogP contribution in [0.15, 0.2) is 0 Å². The molecule has 3 atom stereocenters. The quantitative estimate of drug-likeness (QED) is 0.735. The molecule has 1 saturated carbocycles. The fraction of sp³-hybridized carbons (Fsp3) is 1.00. The average molecular weight is 213 g/mol. The van der Waals surface area contributed by atoms with Crippen molar-refractivity contribution >= 4 is 0 Å². The smallest absolute Gasteiger partial charge is 0.0431 e. The average Bonchev–Trinajstić information content (AvgIpc) is 2.36. The van der Waals surface area contributed by atoms with Crippen molar-refractivity contribution in [2.24, 2.45) is 11.3 Å². The summed E-state index contributed by atoms with van der Waals surface area (Å²) in [5.41, 5.74) is 0.508. The van der Waals surface area contributed by atoms with Crippen LogP contribution in [0.25, 0.3) is 0 Å². The lowest BCUT2D eigenvalue weighted by Gasteiger charge is -2.23. The normalized spacial score (nSPS) is 31.8. The minimum atomic E-state index is 0.317. The maximum Gasteiger partial charge on any atom is 0.0431 e. The Labute approximate surface area is 94.5 Å². The molecule has 15 heavy (non-hydrogen) atoms. The second-order valence-electron chi connectivity index (χ2n) is 6.09. The molecule has 0 aliphatic heterocycles. The first-order chi connectivity index (χ1) is 6.94. The molecular formula is C13H27NO. The molecule has 2 nitrogen and oxygen atoms in total. The van der Waals surface area contributed by atoms with Gasteiger partial charge in [-0.3, -0.25) is 0 Å². The Balaban J connectivity index is 2.32. The fourth-order valence-corrected chi connectivity index (χ4v) is 2.96. The Morgan fingerprint density at radius 1 is 1.40 bits per heavy atom. The maximum atomic E-state index is 8.78. The summed E-state index contributed by atoms with van der Waals surface area (Å²) >= 11 is 0. The zero-order valence-electron chi connectivity index (χ0n) is 10.7. The van der Waals surface area contributed by atoms with E-state index in [2.05, 4.69) is 33.0 Å². The standard InChI is InChI=1S/C13H27NO/c1-10-8-13(3,4)9-12(10)14-11(2)6-5-7-15/h10-12,14-15H,5-9H2,1-4H3. The molecule has 0 bridgehead atoms. The molecule has 2 heteroatoms. The minimum absolute atomic E-state index is 0.317. The highest BCUT2D eigenvalue weighted by atomic mass is 16.2. The number of rotatable bonds is 5. The topological polar surface area (TPSA) is 32.3 Å². The molecule has 1 fully saturated rings. The van der Waals surface area contributed by atoms with Gasteiger partial charge in [0.25, 0.3) is 0 Å². The Morgan fingerprint density at radius 2 is 2.07 bits per heavy atom. The van der Waals surface area contributed by atoms with Crippen LogP contribution in [0.4, 0.5) is 0 Å². The van der Waals surface area contributed by atoms with E-state index in [1.54, 1.807) is 0 Å². The van der Waals surface area contributed by atoms with Crippen molar-refractivity contribution in [1.29, 1.82) is 0 Å². The van der Waals surface area contributed by atoms with Crippen LogP contribution in [0.5, 0.6) is 0 Å². The summed E-state index contributed by atoms with van der Waals surface area (Å²) in [7, 11) is 0. The molecule has 1 aliphatic rings. The molecule has 90 valence electrons. The summed E-state index contributed by atoms with van der Waals surface area (Å²) in [5, 5.41) is 12.5. The van der Waals surface area contributed by atoms with Crippen LogP contribution in [0.2, 0.25) is 0 Å². The third kappa shape index (κ3) is 4.12. The van der Waals surface area contributed by atoms with Gasteiger partial charge >= 0.3 is 0 Å². The van der Waals surface area contributed by atoms with Crippen molar-refractivity contribution in [2.45, 2.75) is 65.5 Å². The maximum absolute atomic E-state index is 8.78. The highest BCUT2D eigenvalue weighted by Crippen LogP contribution is 2.41. The number of hydrogen-bond donors (Lipinski definition) is 2. The van der Waals surface area contributed by atoms with Gasteiger partial charge in [-0.15, -0.1) is 0 Å². The Hall–Kier alpha value is -0.0800. The molecule has 3 unspecified atom stereocenters. The van der Waals surface area contributed by atoms with E-state index in [1.165, 1.54) is 12.8 Å². The summed E-state index contributed by atoms with van der Waals surface area (Å²) in [6.45, 7) is 9.63. The van der Waals surface area contributed by atoms with Crippen LogP contribution in [-0.4, -0.2) is 23.8 Å². The molecule has 0 spiro atoms. The van der Waals surface area contributed by atoms with Gasteiger partial charge in [0.1, 0.15) is 0 Å². The van der Waals surface area contributed by atoms with Gasteiger partial charge in [0, 0.05) is 18.7 Å². The fourth-order valence-electron chi connectivity index (χ4n) is 2.96. The van der Waals surface area contributed by atoms with Crippen LogP contribution in [0.3, 0.4) is 0 Å². The molecule has 0 radical (unpaired) electrons. The van der Waals surface area contributed by atoms with E-state index < -0.39 is 0 Å². The Kier molecular flexibility index (Phi) is 4.60. The van der Waals surface area contributed by atoms with Gasteiger partial charge in [0.05, 0.1) is 0 Å². The molecule has 0 heterocycles. The van der Waals surface area contributed by atoms with Crippen molar-refractivity contribution in [3.8, 4) is 0 Å². The molecule has 0 amide bonds. The summed E-state index contributed by atoms with van der Waals surface area (Å²) < 4.78 is 0. The first kappa shape index (κ1) is 13.0. The van der Waals surface area contributed by atoms with Crippen LogP contribution in [-0.2, 0) is 0 Å². The van der Waals surface area contributed by atoms with Gasteiger partial charge in [-0.05, 0) is 43.9 Å². The third-order valence-electron chi connectivity index (χ3n) is 3.63. The van der Waals surface area contributed by atoms with Gasteiger partial charge in [0.15, 0.2) is 0 Å². The zero-order valence-corrected chi connectivity index (χ0v) is 10.7. The van der Waals surface area contributed by atoms with Crippen molar-refractivity contribution in [2.75, 3.05) is 6.61 Å². The Morgan fingerprint density at radius 3 is 2.53 bits per heavy atom. The predicted octanol–water partition coefficient (Wildman–Crippen LogP) is 2.56. The molecule has 2 N–H and O–H groups in total. The summed E-state index contributed by atoms with van der Waals surface area (Å²) in [6, 6.07) is 1.21. The second-order valence-corrected chi connectivity index (χ2v) is 6.09. The van der Waals surface area contributed by atoms with Gasteiger partial charge in [-0.2, -0.15) is 0 Å². The second kappa shape index (κ2) is 5.31. The van der Waals surface area contributed by atoms with E-state index in [1.807, 2.05) is 0 Å². The van der Waals surface area contributed by atoms with Crippen LogP contribution in [0, 0.1) is 11.3 Å². The molecule has 0 saturated heterocycles. The van der Waals surface area contributed by atoms with Crippen LogP contribution < -0.4 is 5.32 Å². The van der Waals surface area contributed by atoms with Crippen LogP contribution in [0.1, 0.15) is 53.4 Å². The summed E-state index contributed by atoms with van der Waals surface area (Å²) in [6.07, 6.45) is 4.62. The van der Waals surface area contributed by atoms with Crippen molar-refractivity contribution in [1.82, 2.24) is 5.32 Å². The van der Waals surface area contributed by atoms with Crippen molar-refractivity contribution in [3.63, 3.8) is 0 Å². The van der Waals surface area contributed by atoms with E-state index in [9.17, 15) is 0 Å². The minimum Gasteiger partial charge on any atom is -0.396 e. The largest absolute Gasteiger partial charge is 0.396 e. The molecule has 0 aromatic rings. The lowest BCUT2D eigenvalue weighted by Crippen LogP contribution is -2.38. The summed E-state index contributed by atoms with van der Waals surface area (Å²) in [5.74, 6) is 0.788. The van der Waals surface area contributed by atoms with Gasteiger partial charge in [0.2, 0.25) is 0 Å². The van der Waals surface area contributed by atoms with E-state index in [-0.39, 0.29) is 0 Å².